The molecule has 0 aliphatic carbocycles. The Morgan fingerprint density at radius 1 is 1.29 bits per heavy atom. The van der Waals surface area contributed by atoms with Crippen LogP contribution in [0.1, 0.15) is 26.6 Å². The van der Waals surface area contributed by atoms with Crippen molar-refractivity contribution in [2.24, 2.45) is 0 Å². The van der Waals surface area contributed by atoms with Crippen molar-refractivity contribution in [2.45, 2.75) is 32.2 Å². The monoisotopic (exact) mass is 292 g/mol. The maximum atomic E-state index is 5.90. The Bertz CT molecular complexity index is 482. The highest BCUT2D eigenvalue weighted by Crippen LogP contribution is 2.21. The molecule has 1 fully saturated rings. The van der Waals surface area contributed by atoms with Gasteiger partial charge >= 0.3 is 0 Å². The molecule has 0 bridgehead atoms. The average molecular weight is 292 g/mol. The first kappa shape index (κ1) is 16.0. The average Bonchev–Trinajstić information content (AvgIpc) is 2.38. The van der Waals surface area contributed by atoms with Crippen molar-refractivity contribution in [1.29, 1.82) is 0 Å². The van der Waals surface area contributed by atoms with Gasteiger partial charge in [-0.1, -0.05) is 20.8 Å². The topological polar surface area (TPSA) is 70.3 Å². The summed E-state index contributed by atoms with van der Waals surface area (Å²) in [6, 6.07) is 2.29. The summed E-state index contributed by atoms with van der Waals surface area (Å²) in [5, 5.41) is 3.42. The number of nitrogens with zero attached hydrogens (tertiary/aromatic N) is 4. The zero-order valence-electron chi connectivity index (χ0n) is 13.8. The van der Waals surface area contributed by atoms with Crippen molar-refractivity contribution in [2.75, 3.05) is 51.3 Å². The van der Waals surface area contributed by atoms with Gasteiger partial charge in [-0.3, -0.25) is 4.90 Å². The lowest BCUT2D eigenvalue weighted by atomic mass is 9.96. The fourth-order valence-corrected chi connectivity index (χ4v) is 2.44. The van der Waals surface area contributed by atoms with Gasteiger partial charge in [-0.05, 0) is 14.1 Å². The van der Waals surface area contributed by atoms with Crippen LogP contribution in [0.25, 0.3) is 0 Å². The van der Waals surface area contributed by atoms with E-state index >= 15 is 0 Å². The lowest BCUT2D eigenvalue weighted by molar-refractivity contribution is 0.122. The van der Waals surface area contributed by atoms with Gasteiger partial charge in [0, 0.05) is 43.7 Å². The molecule has 2 heterocycles. The van der Waals surface area contributed by atoms with Gasteiger partial charge < -0.3 is 16.0 Å². The van der Waals surface area contributed by atoms with E-state index in [1.807, 2.05) is 6.07 Å². The van der Waals surface area contributed by atoms with E-state index in [0.717, 1.165) is 37.8 Å². The van der Waals surface area contributed by atoms with Crippen molar-refractivity contribution in [3.63, 3.8) is 0 Å². The van der Waals surface area contributed by atoms with Crippen LogP contribution >= 0.6 is 0 Å². The van der Waals surface area contributed by atoms with E-state index in [4.69, 9.17) is 5.73 Å². The van der Waals surface area contributed by atoms with Crippen molar-refractivity contribution < 1.29 is 0 Å². The lowest BCUT2D eigenvalue weighted by Crippen LogP contribution is -2.52. The van der Waals surface area contributed by atoms with E-state index in [9.17, 15) is 0 Å². The number of nitrogens with two attached hydrogens (primary N) is 1. The molecule has 21 heavy (non-hydrogen) atoms. The van der Waals surface area contributed by atoms with E-state index in [0.29, 0.717) is 11.9 Å². The molecule has 0 amide bonds. The van der Waals surface area contributed by atoms with Crippen molar-refractivity contribution >= 4 is 11.6 Å². The van der Waals surface area contributed by atoms with Gasteiger partial charge in [0.1, 0.15) is 17.5 Å². The van der Waals surface area contributed by atoms with Crippen molar-refractivity contribution in [3.8, 4) is 0 Å². The highest BCUT2D eigenvalue weighted by atomic mass is 15.3. The smallest absolute Gasteiger partial charge is 0.138 e. The number of hydrogen-bond acceptors (Lipinski definition) is 6. The highest BCUT2D eigenvalue weighted by Gasteiger charge is 2.23. The second kappa shape index (κ2) is 6.15. The molecule has 1 aromatic rings. The molecule has 1 unspecified atom stereocenters. The maximum absolute atomic E-state index is 5.90. The standard InChI is InChI=1S/C15H28N6/c1-15(2,3)14-18-12(16)8-13(19-14)17-9-11-10-20(4)6-7-21(11)5/h8,11H,6-7,9-10H2,1-5H3,(H3,16,17,18,19). The summed E-state index contributed by atoms with van der Waals surface area (Å²) in [5.41, 5.74) is 5.80. The predicted molar refractivity (Wildman–Crippen MR) is 87.5 cm³/mol. The molecule has 0 spiro atoms. The van der Waals surface area contributed by atoms with Crippen LogP contribution in [0.5, 0.6) is 0 Å². The minimum Gasteiger partial charge on any atom is -0.384 e. The molecule has 0 aromatic carbocycles. The summed E-state index contributed by atoms with van der Waals surface area (Å²) in [4.78, 5) is 13.7. The van der Waals surface area contributed by atoms with Gasteiger partial charge in [-0.2, -0.15) is 0 Å². The number of nitrogens with one attached hydrogen (secondary N) is 1. The van der Waals surface area contributed by atoms with Gasteiger partial charge in [-0.25, -0.2) is 9.97 Å². The fourth-order valence-electron chi connectivity index (χ4n) is 2.44. The molecule has 1 aromatic heterocycles. The molecule has 118 valence electrons. The molecule has 6 heteroatoms. The Morgan fingerprint density at radius 3 is 2.67 bits per heavy atom. The number of hydrogen-bond donors (Lipinski definition) is 2. The molecule has 1 aliphatic rings. The minimum atomic E-state index is -0.104. The number of nitrogen functional groups attached to an aromatic ring is 1. The molecule has 1 atom stereocenters. The summed E-state index contributed by atoms with van der Waals surface area (Å²) in [6.45, 7) is 10.4. The maximum Gasteiger partial charge on any atom is 0.138 e. The van der Waals surface area contributed by atoms with Gasteiger partial charge in [0.05, 0.1) is 0 Å². The van der Waals surface area contributed by atoms with Crippen molar-refractivity contribution in [3.05, 3.63) is 11.9 Å². The molecular formula is C15H28N6. The van der Waals surface area contributed by atoms with Crippen LogP contribution in [0.15, 0.2) is 6.07 Å². The number of piperazine rings is 1. The second-order valence-corrected chi connectivity index (χ2v) is 7.03. The Kier molecular flexibility index (Phi) is 4.68. The first-order valence-electron chi connectivity index (χ1n) is 7.53. The van der Waals surface area contributed by atoms with Crippen LogP contribution in [0.3, 0.4) is 0 Å². The number of likely N-dealkylation sites (N-methyl/N-ethyl adjacent to an activating group) is 2. The molecule has 2 rings (SSSR count). The summed E-state index contributed by atoms with van der Waals surface area (Å²) in [6.07, 6.45) is 0. The number of aromatic nitrogens is 2. The Morgan fingerprint density at radius 2 is 2.00 bits per heavy atom. The molecule has 0 saturated carbocycles. The van der Waals surface area contributed by atoms with E-state index in [1.54, 1.807) is 0 Å². The molecule has 1 aliphatic heterocycles. The first-order valence-corrected chi connectivity index (χ1v) is 7.53. The summed E-state index contributed by atoms with van der Waals surface area (Å²) in [7, 11) is 4.34. The molecular weight excluding hydrogens is 264 g/mol. The zero-order chi connectivity index (χ0) is 15.6. The van der Waals surface area contributed by atoms with Crippen molar-refractivity contribution in [1.82, 2.24) is 19.8 Å². The zero-order valence-corrected chi connectivity index (χ0v) is 13.8. The second-order valence-electron chi connectivity index (χ2n) is 7.03. The van der Waals surface area contributed by atoms with Crippen LogP contribution < -0.4 is 11.1 Å². The Hall–Kier alpha value is -1.40. The fraction of sp³-hybridized carbons (Fsp3) is 0.733. The summed E-state index contributed by atoms with van der Waals surface area (Å²) < 4.78 is 0. The molecule has 1 saturated heterocycles. The van der Waals surface area contributed by atoms with E-state index in [2.05, 4.69) is 60.0 Å². The Balaban J connectivity index is 2.04. The lowest BCUT2D eigenvalue weighted by Gasteiger charge is -2.37. The molecule has 3 N–H and O–H groups in total. The van der Waals surface area contributed by atoms with E-state index in [-0.39, 0.29) is 5.41 Å². The molecule has 0 radical (unpaired) electrons. The minimum absolute atomic E-state index is 0.104. The third kappa shape index (κ3) is 4.28. The quantitative estimate of drug-likeness (QED) is 0.866. The van der Waals surface area contributed by atoms with E-state index < -0.39 is 0 Å². The first-order chi connectivity index (χ1) is 9.75. The van der Waals surface area contributed by atoms with Crippen LogP contribution in [0, 0.1) is 0 Å². The van der Waals surface area contributed by atoms with Gasteiger partial charge in [0.25, 0.3) is 0 Å². The van der Waals surface area contributed by atoms with Gasteiger partial charge in [0.15, 0.2) is 0 Å². The summed E-state index contributed by atoms with van der Waals surface area (Å²) >= 11 is 0. The van der Waals surface area contributed by atoms with E-state index in [1.165, 1.54) is 0 Å². The normalized spacial score (nSPS) is 21.5. The SMILES string of the molecule is CN1CCN(C)C(CNc2cc(N)nc(C(C)(C)C)n2)C1. The van der Waals surface area contributed by atoms with Gasteiger partial charge in [-0.15, -0.1) is 0 Å². The number of rotatable bonds is 3. The summed E-state index contributed by atoms with van der Waals surface area (Å²) in [5.74, 6) is 2.11. The third-order valence-corrected chi connectivity index (χ3v) is 3.92. The van der Waals surface area contributed by atoms with Gasteiger partial charge in [0.2, 0.25) is 0 Å². The Labute approximate surface area is 127 Å². The van der Waals surface area contributed by atoms with Crippen LogP contribution in [-0.4, -0.2) is 66.1 Å². The number of anilines is 2. The predicted octanol–water partition coefficient (Wildman–Crippen LogP) is 1.01. The molecule has 6 nitrogen and oxygen atoms in total. The van der Waals surface area contributed by atoms with Crippen LogP contribution in [-0.2, 0) is 5.41 Å². The highest BCUT2D eigenvalue weighted by molar-refractivity contribution is 5.45. The third-order valence-electron chi connectivity index (χ3n) is 3.92. The van der Waals surface area contributed by atoms with Crippen LogP contribution in [0.2, 0.25) is 0 Å². The largest absolute Gasteiger partial charge is 0.384 e. The van der Waals surface area contributed by atoms with Crippen LogP contribution in [0.4, 0.5) is 11.6 Å².